The largest absolute Gasteiger partial charge is 0.457 e. The van der Waals surface area contributed by atoms with Gasteiger partial charge in [-0.1, -0.05) is 26.0 Å². The number of benzene rings is 1. The van der Waals surface area contributed by atoms with Crippen LogP contribution in [0.3, 0.4) is 0 Å². The van der Waals surface area contributed by atoms with Crippen LogP contribution in [-0.2, 0) is 6.61 Å². The van der Waals surface area contributed by atoms with Gasteiger partial charge < -0.3 is 9.84 Å². The highest BCUT2D eigenvalue weighted by Crippen LogP contribution is 2.30. The van der Waals surface area contributed by atoms with E-state index in [-0.39, 0.29) is 6.61 Å². The zero-order valence-electron chi connectivity index (χ0n) is 11.6. The number of nitrogens with zero attached hydrogens (tertiary/aromatic N) is 1. The van der Waals surface area contributed by atoms with E-state index in [0.717, 1.165) is 11.3 Å². The molecule has 2 aromatic rings. The molecule has 0 unspecified atom stereocenters. The smallest absolute Gasteiger partial charge is 0.136 e. The molecule has 3 heteroatoms. The molecule has 0 fully saturated rings. The molecule has 0 radical (unpaired) electrons. The SMILES string of the molecule is Cc1ccc(C(C)C)cc1Oc1ccncc1CO. The highest BCUT2D eigenvalue weighted by molar-refractivity contribution is 5.42. The Labute approximate surface area is 113 Å². The van der Waals surface area contributed by atoms with Gasteiger partial charge in [0.2, 0.25) is 0 Å². The summed E-state index contributed by atoms with van der Waals surface area (Å²) in [6, 6.07) is 8.01. The first-order valence-corrected chi connectivity index (χ1v) is 6.44. The van der Waals surface area contributed by atoms with Crippen molar-refractivity contribution in [1.29, 1.82) is 0 Å². The first kappa shape index (κ1) is 13.6. The van der Waals surface area contributed by atoms with Crippen molar-refractivity contribution in [2.75, 3.05) is 0 Å². The maximum atomic E-state index is 9.29. The fourth-order valence-corrected chi connectivity index (χ4v) is 1.84. The maximum Gasteiger partial charge on any atom is 0.136 e. The molecule has 2 rings (SSSR count). The number of aliphatic hydroxyl groups is 1. The fraction of sp³-hybridized carbons (Fsp3) is 0.312. The van der Waals surface area contributed by atoms with Crippen molar-refractivity contribution < 1.29 is 9.84 Å². The van der Waals surface area contributed by atoms with Crippen LogP contribution in [0.5, 0.6) is 11.5 Å². The standard InChI is InChI=1S/C16H19NO2/c1-11(2)13-5-4-12(3)16(8-13)19-15-6-7-17-9-14(15)10-18/h4-9,11,18H,10H2,1-3H3. The Kier molecular flexibility index (Phi) is 4.17. The molecule has 1 N–H and O–H groups in total. The Morgan fingerprint density at radius 3 is 2.68 bits per heavy atom. The molecule has 0 saturated carbocycles. The molecule has 0 aliphatic heterocycles. The van der Waals surface area contributed by atoms with Gasteiger partial charge in [-0.25, -0.2) is 0 Å². The third kappa shape index (κ3) is 3.12. The third-order valence-electron chi connectivity index (χ3n) is 3.13. The lowest BCUT2D eigenvalue weighted by atomic mass is 10.0. The summed E-state index contributed by atoms with van der Waals surface area (Å²) in [7, 11) is 0. The number of aryl methyl sites for hydroxylation is 1. The second-order valence-corrected chi connectivity index (χ2v) is 4.92. The van der Waals surface area contributed by atoms with E-state index in [1.807, 2.05) is 6.92 Å². The van der Waals surface area contributed by atoms with Gasteiger partial charge in [0, 0.05) is 18.0 Å². The van der Waals surface area contributed by atoms with Gasteiger partial charge >= 0.3 is 0 Å². The number of hydrogen-bond donors (Lipinski definition) is 1. The number of aromatic nitrogens is 1. The predicted molar refractivity (Wildman–Crippen MR) is 75.5 cm³/mol. The minimum atomic E-state index is -0.0773. The number of pyridine rings is 1. The van der Waals surface area contributed by atoms with Crippen molar-refractivity contribution in [2.45, 2.75) is 33.3 Å². The van der Waals surface area contributed by atoms with Crippen molar-refractivity contribution in [2.24, 2.45) is 0 Å². The minimum absolute atomic E-state index is 0.0773. The van der Waals surface area contributed by atoms with Crippen molar-refractivity contribution in [3.63, 3.8) is 0 Å². The molecule has 1 aromatic heterocycles. The summed E-state index contributed by atoms with van der Waals surface area (Å²) in [5.41, 5.74) is 3.00. The van der Waals surface area contributed by atoms with Crippen LogP contribution >= 0.6 is 0 Å². The van der Waals surface area contributed by atoms with Gasteiger partial charge in [-0.05, 0) is 36.1 Å². The molecule has 0 amide bonds. The van der Waals surface area contributed by atoms with Crippen molar-refractivity contribution in [3.05, 3.63) is 53.3 Å². The van der Waals surface area contributed by atoms with Crippen LogP contribution in [0.15, 0.2) is 36.7 Å². The Morgan fingerprint density at radius 1 is 1.21 bits per heavy atom. The molecule has 0 saturated heterocycles. The highest BCUT2D eigenvalue weighted by atomic mass is 16.5. The lowest BCUT2D eigenvalue weighted by Gasteiger charge is -2.14. The zero-order valence-corrected chi connectivity index (χ0v) is 11.6. The number of hydrogen-bond acceptors (Lipinski definition) is 3. The van der Waals surface area contributed by atoms with Gasteiger partial charge in [-0.2, -0.15) is 0 Å². The molecule has 3 nitrogen and oxygen atoms in total. The zero-order chi connectivity index (χ0) is 13.8. The fourth-order valence-electron chi connectivity index (χ4n) is 1.84. The van der Waals surface area contributed by atoms with Crippen LogP contribution in [-0.4, -0.2) is 10.1 Å². The van der Waals surface area contributed by atoms with Crippen molar-refractivity contribution in [3.8, 4) is 11.5 Å². The van der Waals surface area contributed by atoms with Crippen LogP contribution < -0.4 is 4.74 Å². The molecule has 100 valence electrons. The van der Waals surface area contributed by atoms with E-state index in [1.54, 1.807) is 18.5 Å². The molecule has 1 heterocycles. The molecule has 0 bridgehead atoms. The predicted octanol–water partition coefficient (Wildman–Crippen LogP) is 3.80. The number of ether oxygens (including phenoxy) is 1. The third-order valence-corrected chi connectivity index (χ3v) is 3.13. The van der Waals surface area contributed by atoms with E-state index in [4.69, 9.17) is 4.74 Å². The Balaban J connectivity index is 2.34. The number of aliphatic hydroxyl groups excluding tert-OH is 1. The molecule has 0 spiro atoms. The summed E-state index contributed by atoms with van der Waals surface area (Å²) >= 11 is 0. The van der Waals surface area contributed by atoms with E-state index < -0.39 is 0 Å². The summed E-state index contributed by atoms with van der Waals surface area (Å²) in [5.74, 6) is 1.94. The Bertz CT molecular complexity index is 564. The highest BCUT2D eigenvalue weighted by Gasteiger charge is 2.08. The van der Waals surface area contributed by atoms with E-state index in [1.165, 1.54) is 5.56 Å². The molecule has 19 heavy (non-hydrogen) atoms. The lowest BCUT2D eigenvalue weighted by molar-refractivity contribution is 0.276. The maximum absolute atomic E-state index is 9.29. The molecular formula is C16H19NO2. The van der Waals surface area contributed by atoms with Crippen molar-refractivity contribution in [1.82, 2.24) is 4.98 Å². The second-order valence-electron chi connectivity index (χ2n) is 4.92. The first-order valence-electron chi connectivity index (χ1n) is 6.44. The minimum Gasteiger partial charge on any atom is -0.457 e. The van der Waals surface area contributed by atoms with E-state index in [0.29, 0.717) is 17.2 Å². The van der Waals surface area contributed by atoms with Gasteiger partial charge in [0.15, 0.2) is 0 Å². The van der Waals surface area contributed by atoms with Gasteiger partial charge in [0.25, 0.3) is 0 Å². The first-order chi connectivity index (χ1) is 9.11. The van der Waals surface area contributed by atoms with Gasteiger partial charge in [-0.15, -0.1) is 0 Å². The summed E-state index contributed by atoms with van der Waals surface area (Å²) in [6.07, 6.45) is 3.28. The van der Waals surface area contributed by atoms with E-state index >= 15 is 0 Å². The van der Waals surface area contributed by atoms with Crippen LogP contribution in [0.1, 0.15) is 36.5 Å². The normalized spacial score (nSPS) is 10.8. The average Bonchev–Trinajstić information content (AvgIpc) is 2.41. The van der Waals surface area contributed by atoms with Gasteiger partial charge in [0.1, 0.15) is 11.5 Å². The Morgan fingerprint density at radius 2 is 2.00 bits per heavy atom. The summed E-state index contributed by atoms with van der Waals surface area (Å²) in [6.45, 7) is 6.24. The molecule has 0 aliphatic rings. The average molecular weight is 257 g/mol. The summed E-state index contributed by atoms with van der Waals surface area (Å²) < 4.78 is 5.92. The summed E-state index contributed by atoms with van der Waals surface area (Å²) in [5, 5.41) is 9.29. The van der Waals surface area contributed by atoms with Crippen LogP contribution in [0.25, 0.3) is 0 Å². The molecule has 0 atom stereocenters. The monoisotopic (exact) mass is 257 g/mol. The van der Waals surface area contributed by atoms with Crippen LogP contribution in [0.2, 0.25) is 0 Å². The molecule has 1 aromatic carbocycles. The van der Waals surface area contributed by atoms with Gasteiger partial charge in [-0.3, -0.25) is 4.98 Å². The van der Waals surface area contributed by atoms with E-state index in [2.05, 4.69) is 37.0 Å². The van der Waals surface area contributed by atoms with Crippen molar-refractivity contribution >= 4 is 0 Å². The Hall–Kier alpha value is -1.87. The molecule has 0 aliphatic carbocycles. The van der Waals surface area contributed by atoms with E-state index in [9.17, 15) is 5.11 Å². The van der Waals surface area contributed by atoms with Crippen LogP contribution in [0.4, 0.5) is 0 Å². The quantitative estimate of drug-likeness (QED) is 0.906. The molecular weight excluding hydrogens is 238 g/mol. The summed E-state index contributed by atoms with van der Waals surface area (Å²) in [4.78, 5) is 3.99. The second kappa shape index (κ2) is 5.85. The van der Waals surface area contributed by atoms with Gasteiger partial charge in [0.05, 0.1) is 6.61 Å². The topological polar surface area (TPSA) is 42.4 Å². The lowest BCUT2D eigenvalue weighted by Crippen LogP contribution is -1.96. The number of rotatable bonds is 4. The van der Waals surface area contributed by atoms with Crippen LogP contribution in [0, 0.1) is 6.92 Å².